The quantitative estimate of drug-likeness (QED) is 0.882. The lowest BCUT2D eigenvalue weighted by Gasteiger charge is -2.13. The third-order valence-electron chi connectivity index (χ3n) is 2.33. The van der Waals surface area contributed by atoms with Gasteiger partial charge in [0.2, 0.25) is 17.2 Å². The molecule has 0 spiro atoms. The summed E-state index contributed by atoms with van der Waals surface area (Å²) < 4.78 is 0. The number of aromatic nitrogens is 3. The molecular weight excluding hydrogens is 270 g/mol. The standard InChI is InChI=1S/C11H14ClN5S/c1-3-13-10-15-9(12)16-11(17-10)14-7(2)8-4-5-18-6-8/h4-7H,3H2,1-2H3,(H2,13,14,15,16,17). The van der Waals surface area contributed by atoms with E-state index in [1.54, 1.807) is 11.3 Å². The smallest absolute Gasteiger partial charge is 0.229 e. The highest BCUT2D eigenvalue weighted by Crippen LogP contribution is 2.20. The molecule has 0 fully saturated rings. The zero-order valence-electron chi connectivity index (χ0n) is 10.1. The van der Waals surface area contributed by atoms with Crippen LogP contribution in [-0.2, 0) is 0 Å². The maximum atomic E-state index is 5.85. The predicted molar refractivity (Wildman–Crippen MR) is 75.4 cm³/mol. The second-order valence-electron chi connectivity index (χ2n) is 3.70. The van der Waals surface area contributed by atoms with Crippen molar-refractivity contribution in [2.24, 2.45) is 0 Å². The lowest BCUT2D eigenvalue weighted by Crippen LogP contribution is -2.11. The summed E-state index contributed by atoms with van der Waals surface area (Å²) >= 11 is 7.52. The lowest BCUT2D eigenvalue weighted by molar-refractivity contribution is 0.857. The Labute approximate surface area is 115 Å². The molecule has 0 aliphatic heterocycles. The molecule has 2 N–H and O–H groups in total. The second kappa shape index (κ2) is 5.97. The van der Waals surface area contributed by atoms with Crippen molar-refractivity contribution in [3.8, 4) is 0 Å². The van der Waals surface area contributed by atoms with Crippen molar-refractivity contribution in [2.75, 3.05) is 17.2 Å². The van der Waals surface area contributed by atoms with Gasteiger partial charge >= 0.3 is 0 Å². The van der Waals surface area contributed by atoms with Crippen LogP contribution in [0.4, 0.5) is 11.9 Å². The van der Waals surface area contributed by atoms with Gasteiger partial charge in [-0.05, 0) is 47.8 Å². The van der Waals surface area contributed by atoms with Crippen LogP contribution in [0.3, 0.4) is 0 Å². The average Bonchev–Trinajstić information content (AvgIpc) is 2.81. The Morgan fingerprint density at radius 3 is 2.78 bits per heavy atom. The molecule has 2 rings (SSSR count). The Morgan fingerprint density at radius 2 is 2.11 bits per heavy atom. The molecule has 0 aliphatic rings. The van der Waals surface area contributed by atoms with Crippen LogP contribution in [0, 0.1) is 0 Å². The number of hydrogen-bond donors (Lipinski definition) is 2. The normalized spacial score (nSPS) is 12.2. The van der Waals surface area contributed by atoms with Crippen LogP contribution in [-0.4, -0.2) is 21.5 Å². The molecule has 96 valence electrons. The van der Waals surface area contributed by atoms with E-state index in [1.165, 1.54) is 5.56 Å². The van der Waals surface area contributed by atoms with Gasteiger partial charge in [-0.25, -0.2) is 0 Å². The summed E-state index contributed by atoms with van der Waals surface area (Å²) in [6.45, 7) is 4.76. The SMILES string of the molecule is CCNc1nc(Cl)nc(NC(C)c2ccsc2)n1. The van der Waals surface area contributed by atoms with Gasteiger partial charge in [0.1, 0.15) is 0 Å². The molecule has 2 aromatic heterocycles. The molecule has 0 aliphatic carbocycles. The largest absolute Gasteiger partial charge is 0.354 e. The van der Waals surface area contributed by atoms with Gasteiger partial charge in [0.25, 0.3) is 0 Å². The summed E-state index contributed by atoms with van der Waals surface area (Å²) in [5.41, 5.74) is 1.20. The predicted octanol–water partition coefficient (Wildman–Crippen LogP) is 3.19. The van der Waals surface area contributed by atoms with E-state index < -0.39 is 0 Å². The highest BCUT2D eigenvalue weighted by molar-refractivity contribution is 7.07. The van der Waals surface area contributed by atoms with Crippen molar-refractivity contribution in [3.63, 3.8) is 0 Å². The van der Waals surface area contributed by atoms with Crippen LogP contribution in [0.2, 0.25) is 5.28 Å². The second-order valence-corrected chi connectivity index (χ2v) is 4.82. The maximum absolute atomic E-state index is 5.85. The van der Waals surface area contributed by atoms with Crippen LogP contribution < -0.4 is 10.6 Å². The summed E-state index contributed by atoms with van der Waals surface area (Å²) in [6.07, 6.45) is 0. The first-order valence-corrected chi connectivity index (χ1v) is 6.95. The van der Waals surface area contributed by atoms with Crippen molar-refractivity contribution in [2.45, 2.75) is 19.9 Å². The minimum absolute atomic E-state index is 0.129. The zero-order valence-corrected chi connectivity index (χ0v) is 11.7. The fourth-order valence-corrected chi connectivity index (χ4v) is 2.36. The number of nitrogens with one attached hydrogen (secondary N) is 2. The average molecular weight is 284 g/mol. The lowest BCUT2D eigenvalue weighted by atomic mass is 10.2. The molecule has 0 aromatic carbocycles. The maximum Gasteiger partial charge on any atom is 0.229 e. The molecule has 0 bridgehead atoms. The van der Waals surface area contributed by atoms with Crippen molar-refractivity contribution in [3.05, 3.63) is 27.7 Å². The Kier molecular flexibility index (Phi) is 4.33. The van der Waals surface area contributed by atoms with Crippen molar-refractivity contribution in [1.82, 2.24) is 15.0 Å². The van der Waals surface area contributed by atoms with Crippen molar-refractivity contribution in [1.29, 1.82) is 0 Å². The van der Waals surface area contributed by atoms with Crippen LogP contribution in [0.25, 0.3) is 0 Å². The first kappa shape index (κ1) is 13.0. The summed E-state index contributed by atoms with van der Waals surface area (Å²) in [6, 6.07) is 2.19. The van der Waals surface area contributed by atoms with E-state index in [4.69, 9.17) is 11.6 Å². The number of thiophene rings is 1. The highest BCUT2D eigenvalue weighted by Gasteiger charge is 2.09. The molecule has 2 aromatic rings. The summed E-state index contributed by atoms with van der Waals surface area (Å²) in [5, 5.41) is 10.5. The number of hydrogen-bond acceptors (Lipinski definition) is 6. The molecule has 7 heteroatoms. The molecule has 18 heavy (non-hydrogen) atoms. The van der Waals surface area contributed by atoms with Gasteiger partial charge in [-0.2, -0.15) is 26.3 Å². The number of rotatable bonds is 5. The van der Waals surface area contributed by atoms with Crippen molar-refractivity contribution >= 4 is 34.8 Å². The minimum atomic E-state index is 0.129. The van der Waals surface area contributed by atoms with E-state index >= 15 is 0 Å². The molecule has 0 saturated heterocycles. The van der Waals surface area contributed by atoms with E-state index in [0.29, 0.717) is 11.9 Å². The molecule has 5 nitrogen and oxygen atoms in total. The summed E-state index contributed by atoms with van der Waals surface area (Å²) in [4.78, 5) is 12.3. The number of halogens is 1. The van der Waals surface area contributed by atoms with Gasteiger partial charge in [-0.1, -0.05) is 0 Å². The fourth-order valence-electron chi connectivity index (χ4n) is 1.45. The molecule has 0 amide bonds. The van der Waals surface area contributed by atoms with Crippen molar-refractivity contribution < 1.29 is 0 Å². The van der Waals surface area contributed by atoms with Gasteiger partial charge in [0.15, 0.2) is 0 Å². The van der Waals surface area contributed by atoms with Gasteiger partial charge in [0.05, 0.1) is 6.04 Å². The van der Waals surface area contributed by atoms with Gasteiger partial charge in [0, 0.05) is 6.54 Å². The third-order valence-corrected chi connectivity index (χ3v) is 3.20. The minimum Gasteiger partial charge on any atom is -0.354 e. The molecular formula is C11H14ClN5S. The van der Waals surface area contributed by atoms with Crippen LogP contribution >= 0.6 is 22.9 Å². The third kappa shape index (κ3) is 3.30. The van der Waals surface area contributed by atoms with E-state index in [-0.39, 0.29) is 11.3 Å². The van der Waals surface area contributed by atoms with E-state index in [1.807, 2.05) is 19.2 Å². The number of anilines is 2. The zero-order chi connectivity index (χ0) is 13.0. The summed E-state index contributed by atoms with van der Waals surface area (Å²) in [7, 11) is 0. The first-order chi connectivity index (χ1) is 8.69. The highest BCUT2D eigenvalue weighted by atomic mass is 35.5. The van der Waals surface area contributed by atoms with Gasteiger partial charge in [-0.3, -0.25) is 0 Å². The Morgan fingerprint density at radius 1 is 1.33 bits per heavy atom. The van der Waals surface area contributed by atoms with Gasteiger partial charge < -0.3 is 10.6 Å². The summed E-state index contributed by atoms with van der Waals surface area (Å²) in [5.74, 6) is 0.960. The molecule has 1 atom stereocenters. The molecule has 1 unspecified atom stereocenters. The monoisotopic (exact) mass is 283 g/mol. The topological polar surface area (TPSA) is 62.7 Å². The Bertz CT molecular complexity index is 502. The van der Waals surface area contributed by atoms with Crippen LogP contribution in [0.1, 0.15) is 25.5 Å². The van der Waals surface area contributed by atoms with E-state index in [0.717, 1.165) is 6.54 Å². The number of nitrogens with zero attached hydrogens (tertiary/aromatic N) is 3. The molecule has 0 radical (unpaired) electrons. The van der Waals surface area contributed by atoms with Gasteiger partial charge in [-0.15, -0.1) is 0 Å². The van der Waals surface area contributed by atoms with Crippen LogP contribution in [0.5, 0.6) is 0 Å². The van der Waals surface area contributed by atoms with E-state index in [2.05, 4.69) is 37.0 Å². The first-order valence-electron chi connectivity index (χ1n) is 5.63. The Balaban J connectivity index is 2.13. The van der Waals surface area contributed by atoms with E-state index in [9.17, 15) is 0 Å². The van der Waals surface area contributed by atoms with Crippen LogP contribution in [0.15, 0.2) is 16.8 Å². The Hall–Kier alpha value is -1.40. The molecule has 2 heterocycles. The fraction of sp³-hybridized carbons (Fsp3) is 0.364. The molecule has 0 saturated carbocycles.